The second-order valence-electron chi connectivity index (χ2n) is 4.77. The molecular formula is C14H16ClN3O2S. The van der Waals surface area contributed by atoms with Gasteiger partial charge in [-0.15, -0.1) is 0 Å². The van der Waals surface area contributed by atoms with Crippen molar-refractivity contribution >= 4 is 27.3 Å². The molecule has 0 aliphatic carbocycles. The van der Waals surface area contributed by atoms with E-state index in [0.717, 1.165) is 16.8 Å². The van der Waals surface area contributed by atoms with Crippen molar-refractivity contribution in [2.45, 2.75) is 24.8 Å². The highest BCUT2D eigenvalue weighted by molar-refractivity contribution is 7.89. The number of aryl methyl sites for hydroxylation is 1. The number of sulfonamides is 1. The highest BCUT2D eigenvalue weighted by Gasteiger charge is 2.12. The van der Waals surface area contributed by atoms with Crippen LogP contribution in [-0.4, -0.2) is 13.4 Å². The van der Waals surface area contributed by atoms with Crippen LogP contribution in [0.4, 0.5) is 5.69 Å². The number of benzene rings is 1. The summed E-state index contributed by atoms with van der Waals surface area (Å²) in [5, 5.41) is 8.76. The number of nitrogens with two attached hydrogens (primary N) is 1. The van der Waals surface area contributed by atoms with Gasteiger partial charge >= 0.3 is 0 Å². The number of nitrogens with zero attached hydrogens (tertiary/aromatic N) is 1. The third kappa shape index (κ3) is 3.72. The Morgan fingerprint density at radius 1 is 1.24 bits per heavy atom. The highest BCUT2D eigenvalue weighted by Crippen LogP contribution is 2.27. The Bertz CT molecular complexity index is 725. The van der Waals surface area contributed by atoms with Crippen LogP contribution in [-0.2, 0) is 10.0 Å². The quantitative estimate of drug-likeness (QED) is 0.846. The first-order valence-corrected chi connectivity index (χ1v) is 8.22. The number of nitrogens with one attached hydrogen (secondary N) is 1. The number of anilines is 1. The largest absolute Gasteiger partial charge is 0.376 e. The molecule has 0 bridgehead atoms. The highest BCUT2D eigenvalue weighted by atomic mass is 35.5. The van der Waals surface area contributed by atoms with E-state index in [1.807, 2.05) is 19.9 Å². The van der Waals surface area contributed by atoms with E-state index in [1.54, 1.807) is 18.3 Å². The molecule has 112 valence electrons. The first-order valence-electron chi connectivity index (χ1n) is 6.29. The van der Waals surface area contributed by atoms with Crippen molar-refractivity contribution in [3.63, 3.8) is 0 Å². The molecule has 0 amide bonds. The number of primary sulfonamides is 1. The predicted molar refractivity (Wildman–Crippen MR) is 83.8 cm³/mol. The Hall–Kier alpha value is -1.63. The number of rotatable bonds is 4. The Morgan fingerprint density at radius 2 is 1.86 bits per heavy atom. The lowest BCUT2D eigenvalue weighted by Crippen LogP contribution is -2.13. The number of aromatic nitrogens is 1. The van der Waals surface area contributed by atoms with Gasteiger partial charge < -0.3 is 5.32 Å². The molecule has 7 heteroatoms. The summed E-state index contributed by atoms with van der Waals surface area (Å²) in [6.07, 6.45) is 1.65. The van der Waals surface area contributed by atoms with Crippen molar-refractivity contribution < 1.29 is 8.42 Å². The zero-order chi connectivity index (χ0) is 15.6. The predicted octanol–water partition coefficient (Wildman–Crippen LogP) is 2.86. The van der Waals surface area contributed by atoms with Gasteiger partial charge in [0, 0.05) is 12.2 Å². The molecule has 21 heavy (non-hydrogen) atoms. The summed E-state index contributed by atoms with van der Waals surface area (Å²) >= 11 is 6.08. The molecule has 0 saturated carbocycles. The summed E-state index contributed by atoms with van der Waals surface area (Å²) in [5.41, 5.74) is 2.67. The number of pyridine rings is 1. The lowest BCUT2D eigenvalue weighted by Gasteiger charge is -2.18. The summed E-state index contributed by atoms with van der Waals surface area (Å²) < 4.78 is 22.5. The molecule has 2 aromatic rings. The average Bonchev–Trinajstić information content (AvgIpc) is 2.42. The molecule has 1 heterocycles. The molecule has 0 spiro atoms. The fourth-order valence-electron chi connectivity index (χ4n) is 1.94. The lowest BCUT2D eigenvalue weighted by atomic mass is 10.1. The first-order chi connectivity index (χ1) is 9.79. The summed E-state index contributed by atoms with van der Waals surface area (Å²) in [7, 11) is -3.67. The normalized spacial score (nSPS) is 13.0. The van der Waals surface area contributed by atoms with Crippen LogP contribution in [0, 0.1) is 6.92 Å². The SMILES string of the molecule is Cc1ccnc(Cl)c1NC(C)c1ccc(S(N)(=O)=O)cc1. The van der Waals surface area contributed by atoms with Crippen molar-refractivity contribution in [1.82, 2.24) is 4.98 Å². The fourth-order valence-corrected chi connectivity index (χ4v) is 2.72. The van der Waals surface area contributed by atoms with Gasteiger partial charge in [0.1, 0.15) is 0 Å². The van der Waals surface area contributed by atoms with Gasteiger partial charge in [-0.05, 0) is 43.2 Å². The van der Waals surface area contributed by atoms with Gasteiger partial charge in [-0.3, -0.25) is 0 Å². The van der Waals surface area contributed by atoms with E-state index >= 15 is 0 Å². The van der Waals surface area contributed by atoms with Crippen LogP contribution in [0.1, 0.15) is 24.1 Å². The van der Waals surface area contributed by atoms with Gasteiger partial charge in [0.25, 0.3) is 0 Å². The standard InChI is InChI=1S/C14H16ClN3O2S/c1-9-7-8-17-14(15)13(9)18-10(2)11-3-5-12(6-4-11)21(16,19)20/h3-8,10,18H,1-2H3,(H2,16,19,20). The van der Waals surface area contributed by atoms with E-state index in [4.69, 9.17) is 16.7 Å². The second kappa shape index (κ2) is 6.01. The number of hydrogen-bond acceptors (Lipinski definition) is 4. The molecule has 1 atom stereocenters. The third-order valence-corrected chi connectivity index (χ3v) is 4.40. The Labute approximate surface area is 129 Å². The maximum Gasteiger partial charge on any atom is 0.238 e. The van der Waals surface area contributed by atoms with E-state index in [1.165, 1.54) is 12.1 Å². The molecule has 0 saturated heterocycles. The second-order valence-corrected chi connectivity index (χ2v) is 6.69. The zero-order valence-electron chi connectivity index (χ0n) is 11.7. The van der Waals surface area contributed by atoms with Crippen LogP contribution in [0.3, 0.4) is 0 Å². The molecule has 3 N–H and O–H groups in total. The van der Waals surface area contributed by atoms with E-state index < -0.39 is 10.0 Å². The zero-order valence-corrected chi connectivity index (χ0v) is 13.2. The van der Waals surface area contributed by atoms with E-state index in [0.29, 0.717) is 5.15 Å². The third-order valence-electron chi connectivity index (χ3n) is 3.18. The van der Waals surface area contributed by atoms with Gasteiger partial charge in [-0.2, -0.15) is 0 Å². The molecule has 1 aromatic carbocycles. The number of halogens is 1. The van der Waals surface area contributed by atoms with Crippen LogP contribution in [0.25, 0.3) is 0 Å². The summed E-state index contributed by atoms with van der Waals surface area (Å²) in [5.74, 6) is 0. The molecule has 0 aliphatic rings. The maximum absolute atomic E-state index is 11.2. The molecule has 1 aromatic heterocycles. The summed E-state index contributed by atoms with van der Waals surface area (Å²) in [6, 6.07) is 8.22. The van der Waals surface area contributed by atoms with Gasteiger partial charge in [0.2, 0.25) is 10.0 Å². The Morgan fingerprint density at radius 3 is 2.38 bits per heavy atom. The topological polar surface area (TPSA) is 85.1 Å². The van der Waals surface area contributed by atoms with E-state index in [9.17, 15) is 8.42 Å². The van der Waals surface area contributed by atoms with Gasteiger partial charge in [-0.25, -0.2) is 18.5 Å². The summed E-state index contributed by atoms with van der Waals surface area (Å²) in [4.78, 5) is 4.13. The minimum Gasteiger partial charge on any atom is -0.376 e. The van der Waals surface area contributed by atoms with Crippen LogP contribution < -0.4 is 10.5 Å². The van der Waals surface area contributed by atoms with Crippen molar-refractivity contribution in [2.75, 3.05) is 5.32 Å². The Kier molecular flexibility index (Phi) is 4.51. The van der Waals surface area contributed by atoms with Gasteiger partial charge in [0.05, 0.1) is 10.6 Å². The van der Waals surface area contributed by atoms with Gasteiger partial charge in [-0.1, -0.05) is 23.7 Å². The lowest BCUT2D eigenvalue weighted by molar-refractivity contribution is 0.597. The van der Waals surface area contributed by atoms with Crippen molar-refractivity contribution in [3.05, 3.63) is 52.8 Å². The molecule has 1 unspecified atom stereocenters. The van der Waals surface area contributed by atoms with Crippen molar-refractivity contribution in [1.29, 1.82) is 0 Å². The smallest absolute Gasteiger partial charge is 0.238 e. The molecule has 0 aliphatic heterocycles. The monoisotopic (exact) mass is 325 g/mol. The fraction of sp³-hybridized carbons (Fsp3) is 0.214. The number of hydrogen-bond donors (Lipinski definition) is 2. The van der Waals surface area contributed by atoms with Crippen LogP contribution >= 0.6 is 11.6 Å². The van der Waals surface area contributed by atoms with Gasteiger partial charge in [0.15, 0.2) is 5.15 Å². The maximum atomic E-state index is 11.2. The van der Waals surface area contributed by atoms with E-state index in [2.05, 4.69) is 10.3 Å². The average molecular weight is 326 g/mol. The molecule has 0 fully saturated rings. The van der Waals surface area contributed by atoms with Crippen LogP contribution in [0.5, 0.6) is 0 Å². The molecule has 2 rings (SSSR count). The molecule has 5 nitrogen and oxygen atoms in total. The Balaban J connectivity index is 2.23. The van der Waals surface area contributed by atoms with Crippen LogP contribution in [0.15, 0.2) is 41.4 Å². The molecule has 0 radical (unpaired) electrons. The van der Waals surface area contributed by atoms with Crippen molar-refractivity contribution in [2.24, 2.45) is 5.14 Å². The first kappa shape index (κ1) is 15.8. The summed E-state index contributed by atoms with van der Waals surface area (Å²) in [6.45, 7) is 3.89. The van der Waals surface area contributed by atoms with Crippen LogP contribution in [0.2, 0.25) is 5.15 Å². The molecular weight excluding hydrogens is 310 g/mol. The minimum absolute atomic E-state index is 0.0556. The van der Waals surface area contributed by atoms with E-state index in [-0.39, 0.29) is 10.9 Å². The minimum atomic E-state index is -3.67. The van der Waals surface area contributed by atoms with Crippen molar-refractivity contribution in [3.8, 4) is 0 Å².